The lowest BCUT2D eigenvalue weighted by atomic mass is 10.3. The fourth-order valence-corrected chi connectivity index (χ4v) is 2.01. The fourth-order valence-electron chi connectivity index (χ4n) is 1.46. The number of hydrogen-bond donors (Lipinski definition) is 0. The van der Waals surface area contributed by atoms with Crippen LogP contribution in [0, 0.1) is 6.92 Å². The summed E-state index contributed by atoms with van der Waals surface area (Å²) in [7, 11) is 0. The van der Waals surface area contributed by atoms with Gasteiger partial charge < -0.3 is 4.74 Å². The minimum Gasteiger partial charge on any atom is -0.430 e. The molecular weight excluding hydrogens is 250 g/mol. The molecule has 3 rings (SSSR count). The molecule has 0 fully saturated rings. The lowest BCUT2D eigenvalue weighted by Crippen LogP contribution is -1.95. The van der Waals surface area contributed by atoms with Crippen LogP contribution in [0.15, 0.2) is 36.7 Å². The average Bonchev–Trinajstić information content (AvgIpc) is 3.01. The monoisotopic (exact) mass is 259 g/mol. The van der Waals surface area contributed by atoms with E-state index < -0.39 is 0 Å². The van der Waals surface area contributed by atoms with E-state index in [9.17, 15) is 0 Å². The summed E-state index contributed by atoms with van der Waals surface area (Å²) in [6.07, 6.45) is 3.40. The Morgan fingerprint density at radius 2 is 2.28 bits per heavy atom. The lowest BCUT2D eigenvalue weighted by molar-refractivity contribution is 0.477. The third-order valence-electron chi connectivity index (χ3n) is 2.22. The van der Waals surface area contributed by atoms with Crippen LogP contribution in [0.2, 0.25) is 0 Å². The second-order valence-electron chi connectivity index (χ2n) is 3.55. The number of aromatic nitrogens is 5. The molecule has 90 valence electrons. The zero-order valence-corrected chi connectivity index (χ0v) is 10.3. The molecular formula is C11H9N5OS. The second kappa shape index (κ2) is 4.53. The van der Waals surface area contributed by atoms with Gasteiger partial charge in [0, 0.05) is 17.6 Å². The smallest absolute Gasteiger partial charge is 0.298 e. The number of aryl methyl sites for hydroxylation is 1. The molecule has 1 aromatic carbocycles. The highest BCUT2D eigenvalue weighted by molar-refractivity contribution is 7.07. The molecule has 0 unspecified atom stereocenters. The van der Waals surface area contributed by atoms with Gasteiger partial charge in [0.25, 0.3) is 5.19 Å². The first-order valence-corrected chi connectivity index (χ1v) is 6.03. The first-order chi connectivity index (χ1) is 8.81. The zero-order valence-electron chi connectivity index (χ0n) is 9.52. The van der Waals surface area contributed by atoms with Crippen molar-refractivity contribution in [3.05, 3.63) is 42.5 Å². The predicted molar refractivity (Wildman–Crippen MR) is 66.1 cm³/mol. The Labute approximate surface area is 107 Å². The van der Waals surface area contributed by atoms with Gasteiger partial charge in [-0.2, -0.15) is 9.36 Å². The third kappa shape index (κ3) is 2.21. The van der Waals surface area contributed by atoms with E-state index in [4.69, 9.17) is 4.74 Å². The van der Waals surface area contributed by atoms with Crippen LogP contribution in [0.3, 0.4) is 0 Å². The van der Waals surface area contributed by atoms with Crippen LogP contribution in [0.25, 0.3) is 5.69 Å². The van der Waals surface area contributed by atoms with Crippen molar-refractivity contribution in [1.82, 2.24) is 24.4 Å². The van der Waals surface area contributed by atoms with E-state index in [2.05, 4.69) is 19.7 Å². The third-order valence-corrected chi connectivity index (χ3v) is 2.91. The minimum atomic E-state index is 0.531. The van der Waals surface area contributed by atoms with Gasteiger partial charge in [-0.25, -0.2) is 4.68 Å². The molecule has 0 aliphatic rings. The van der Waals surface area contributed by atoms with Gasteiger partial charge in [-0.1, -0.05) is 11.3 Å². The SMILES string of the molecule is Cc1nsc(Oc2cccc(-n3ccnn3)c2)n1. The van der Waals surface area contributed by atoms with Crippen LogP contribution < -0.4 is 4.74 Å². The molecule has 18 heavy (non-hydrogen) atoms. The van der Waals surface area contributed by atoms with E-state index in [1.807, 2.05) is 31.2 Å². The van der Waals surface area contributed by atoms with Crippen molar-refractivity contribution in [3.8, 4) is 16.6 Å². The summed E-state index contributed by atoms with van der Waals surface area (Å²) >= 11 is 1.23. The van der Waals surface area contributed by atoms with Crippen LogP contribution in [0.1, 0.15) is 5.82 Å². The van der Waals surface area contributed by atoms with Crippen LogP contribution in [0.4, 0.5) is 0 Å². The van der Waals surface area contributed by atoms with Crippen molar-refractivity contribution in [2.75, 3.05) is 0 Å². The molecule has 0 radical (unpaired) electrons. The molecule has 2 aromatic heterocycles. The molecule has 6 nitrogen and oxygen atoms in total. The van der Waals surface area contributed by atoms with Gasteiger partial charge in [-0.15, -0.1) is 5.10 Å². The van der Waals surface area contributed by atoms with Gasteiger partial charge in [-0.05, 0) is 19.1 Å². The summed E-state index contributed by atoms with van der Waals surface area (Å²) in [5.74, 6) is 1.40. The molecule has 0 aliphatic carbocycles. The molecule has 7 heteroatoms. The van der Waals surface area contributed by atoms with Crippen molar-refractivity contribution >= 4 is 11.5 Å². The molecule has 0 amide bonds. The van der Waals surface area contributed by atoms with Crippen molar-refractivity contribution in [3.63, 3.8) is 0 Å². The highest BCUT2D eigenvalue weighted by Gasteiger charge is 2.04. The lowest BCUT2D eigenvalue weighted by Gasteiger charge is -2.04. The van der Waals surface area contributed by atoms with E-state index in [0.717, 1.165) is 5.69 Å². The van der Waals surface area contributed by atoms with Crippen molar-refractivity contribution < 1.29 is 4.74 Å². The van der Waals surface area contributed by atoms with Crippen molar-refractivity contribution in [1.29, 1.82) is 0 Å². The van der Waals surface area contributed by atoms with Gasteiger partial charge in [0.1, 0.15) is 11.6 Å². The van der Waals surface area contributed by atoms with E-state index in [1.54, 1.807) is 17.1 Å². The van der Waals surface area contributed by atoms with Gasteiger partial charge in [0.2, 0.25) is 0 Å². The molecule has 0 saturated carbocycles. The standard InChI is InChI=1S/C11H9N5OS/c1-8-13-11(18-14-8)17-10-4-2-3-9(7-10)16-6-5-12-15-16/h2-7H,1H3. The quantitative estimate of drug-likeness (QED) is 0.721. The highest BCUT2D eigenvalue weighted by Crippen LogP contribution is 2.24. The van der Waals surface area contributed by atoms with Gasteiger partial charge in [-0.3, -0.25) is 0 Å². The Kier molecular flexibility index (Phi) is 2.73. The Balaban J connectivity index is 1.87. The fraction of sp³-hybridized carbons (Fsp3) is 0.0909. The number of nitrogens with zero attached hydrogens (tertiary/aromatic N) is 5. The van der Waals surface area contributed by atoms with Gasteiger partial charge in [0.15, 0.2) is 0 Å². The predicted octanol–water partition coefficient (Wildman–Crippen LogP) is 2.22. The highest BCUT2D eigenvalue weighted by atomic mass is 32.1. The zero-order chi connectivity index (χ0) is 12.4. The van der Waals surface area contributed by atoms with Crippen LogP contribution in [-0.2, 0) is 0 Å². The molecule has 0 atom stereocenters. The maximum Gasteiger partial charge on any atom is 0.298 e. The van der Waals surface area contributed by atoms with Crippen LogP contribution in [0.5, 0.6) is 10.9 Å². The maximum absolute atomic E-state index is 5.62. The summed E-state index contributed by atoms with van der Waals surface area (Å²) in [5, 5.41) is 8.22. The van der Waals surface area contributed by atoms with Gasteiger partial charge in [0.05, 0.1) is 18.1 Å². The van der Waals surface area contributed by atoms with Crippen molar-refractivity contribution in [2.24, 2.45) is 0 Å². The molecule has 0 N–H and O–H groups in total. The average molecular weight is 259 g/mol. The molecule has 0 aliphatic heterocycles. The van der Waals surface area contributed by atoms with E-state index in [-0.39, 0.29) is 0 Å². The normalized spacial score (nSPS) is 10.5. The summed E-state index contributed by atoms with van der Waals surface area (Å²) in [6, 6.07) is 7.54. The Morgan fingerprint density at radius 3 is 3.00 bits per heavy atom. The van der Waals surface area contributed by atoms with E-state index in [0.29, 0.717) is 16.8 Å². The first-order valence-electron chi connectivity index (χ1n) is 5.26. The summed E-state index contributed by atoms with van der Waals surface area (Å²) in [4.78, 5) is 4.15. The second-order valence-corrected chi connectivity index (χ2v) is 4.27. The summed E-state index contributed by atoms with van der Waals surface area (Å²) in [5.41, 5.74) is 0.881. The van der Waals surface area contributed by atoms with Crippen LogP contribution in [-0.4, -0.2) is 24.4 Å². The largest absolute Gasteiger partial charge is 0.430 e. The molecule has 0 spiro atoms. The summed E-state index contributed by atoms with van der Waals surface area (Å²) in [6.45, 7) is 1.83. The maximum atomic E-state index is 5.62. The van der Waals surface area contributed by atoms with Crippen LogP contribution >= 0.6 is 11.5 Å². The summed E-state index contributed by atoms with van der Waals surface area (Å²) < 4.78 is 11.3. The molecule has 0 bridgehead atoms. The Hall–Kier alpha value is -2.28. The Bertz CT molecular complexity index is 649. The van der Waals surface area contributed by atoms with Crippen molar-refractivity contribution in [2.45, 2.75) is 6.92 Å². The molecule has 2 heterocycles. The number of ether oxygens (including phenoxy) is 1. The topological polar surface area (TPSA) is 65.7 Å². The van der Waals surface area contributed by atoms with E-state index in [1.165, 1.54) is 11.5 Å². The number of rotatable bonds is 3. The first kappa shape index (κ1) is 10.8. The number of benzene rings is 1. The number of hydrogen-bond acceptors (Lipinski definition) is 6. The molecule has 3 aromatic rings. The molecule has 0 saturated heterocycles. The van der Waals surface area contributed by atoms with Gasteiger partial charge >= 0.3 is 0 Å². The minimum absolute atomic E-state index is 0.531. The Morgan fingerprint density at radius 1 is 1.33 bits per heavy atom. The van der Waals surface area contributed by atoms with E-state index >= 15 is 0 Å².